The second kappa shape index (κ2) is 5.18. The van der Waals surface area contributed by atoms with Gasteiger partial charge >= 0.3 is 0 Å². The molecule has 2 rings (SSSR count). The van der Waals surface area contributed by atoms with Crippen molar-refractivity contribution in [3.63, 3.8) is 0 Å². The van der Waals surface area contributed by atoms with Gasteiger partial charge in [0.2, 0.25) is 0 Å². The average molecular weight is 313 g/mol. The van der Waals surface area contributed by atoms with E-state index in [1.165, 1.54) is 18.3 Å². The summed E-state index contributed by atoms with van der Waals surface area (Å²) in [5.41, 5.74) is 6.65. The third-order valence-corrected chi connectivity index (χ3v) is 3.12. The van der Waals surface area contributed by atoms with Gasteiger partial charge in [0.15, 0.2) is 0 Å². The van der Waals surface area contributed by atoms with Crippen LogP contribution in [0.15, 0.2) is 28.9 Å². The lowest BCUT2D eigenvalue weighted by Gasteiger charge is -2.06. The minimum Gasteiger partial charge on any atom is -0.396 e. The number of carbonyl (C=O) groups excluding carboxylic acids is 1. The van der Waals surface area contributed by atoms with Crippen molar-refractivity contribution in [2.75, 3.05) is 5.73 Å². The lowest BCUT2D eigenvalue weighted by molar-refractivity contribution is 0.0946. The minimum atomic E-state index is -0.388. The first-order valence-electron chi connectivity index (χ1n) is 5.09. The van der Waals surface area contributed by atoms with Gasteiger partial charge < -0.3 is 11.1 Å². The number of aromatic amines is 1. The van der Waals surface area contributed by atoms with E-state index in [4.69, 9.17) is 5.73 Å². The Morgan fingerprint density at radius 2 is 2.33 bits per heavy atom. The maximum atomic E-state index is 13.0. The lowest BCUT2D eigenvalue weighted by atomic mass is 10.2. The highest BCUT2D eigenvalue weighted by atomic mass is 79.9. The van der Waals surface area contributed by atoms with E-state index < -0.39 is 0 Å². The number of amides is 1. The van der Waals surface area contributed by atoms with Crippen LogP contribution in [-0.2, 0) is 6.54 Å². The largest absolute Gasteiger partial charge is 0.396 e. The van der Waals surface area contributed by atoms with Gasteiger partial charge in [-0.05, 0) is 23.8 Å². The Bertz CT molecular complexity index is 584. The fraction of sp³-hybridized carbons (Fsp3) is 0.0909. The Balaban J connectivity index is 2.06. The zero-order valence-electron chi connectivity index (χ0n) is 9.21. The zero-order chi connectivity index (χ0) is 13.1. The van der Waals surface area contributed by atoms with Crippen molar-refractivity contribution in [3.05, 3.63) is 45.9 Å². The van der Waals surface area contributed by atoms with E-state index >= 15 is 0 Å². The third-order valence-electron chi connectivity index (χ3n) is 2.34. The van der Waals surface area contributed by atoms with Crippen molar-refractivity contribution in [1.82, 2.24) is 15.5 Å². The van der Waals surface area contributed by atoms with E-state index in [-0.39, 0.29) is 29.7 Å². The zero-order valence-corrected chi connectivity index (χ0v) is 10.8. The molecule has 7 heteroatoms. The normalized spacial score (nSPS) is 10.3. The molecule has 18 heavy (non-hydrogen) atoms. The van der Waals surface area contributed by atoms with Crippen LogP contribution in [0.25, 0.3) is 0 Å². The molecule has 1 amide bonds. The second-order valence-electron chi connectivity index (χ2n) is 3.62. The van der Waals surface area contributed by atoms with Gasteiger partial charge in [-0.2, -0.15) is 5.10 Å². The van der Waals surface area contributed by atoms with Crippen molar-refractivity contribution >= 4 is 27.5 Å². The number of anilines is 1. The van der Waals surface area contributed by atoms with Gasteiger partial charge in [-0.25, -0.2) is 4.39 Å². The smallest absolute Gasteiger partial charge is 0.271 e. The third kappa shape index (κ3) is 2.67. The molecule has 1 aromatic heterocycles. The summed E-state index contributed by atoms with van der Waals surface area (Å²) in [6, 6.07) is 4.27. The number of nitrogens with zero attached hydrogens (tertiary/aromatic N) is 1. The lowest BCUT2D eigenvalue weighted by Crippen LogP contribution is -2.24. The Hall–Kier alpha value is -1.89. The van der Waals surface area contributed by atoms with Gasteiger partial charge in [0.25, 0.3) is 5.91 Å². The average Bonchev–Trinajstić information content (AvgIpc) is 2.76. The number of nitrogens with two attached hydrogens (primary N) is 1. The van der Waals surface area contributed by atoms with E-state index in [2.05, 4.69) is 31.4 Å². The summed E-state index contributed by atoms with van der Waals surface area (Å²) in [5, 5.41) is 8.77. The molecule has 0 aliphatic rings. The number of rotatable bonds is 3. The summed E-state index contributed by atoms with van der Waals surface area (Å²) in [5.74, 6) is -0.746. The fourth-order valence-corrected chi connectivity index (χ4v) is 1.81. The standard InChI is InChI=1S/C11H10BrFN4O/c12-8-2-1-7(13)3-6(8)4-15-11(18)10-9(14)5-16-17-10/h1-3,5H,4,14H2,(H,15,18)(H,16,17). The SMILES string of the molecule is Nc1cn[nH]c1C(=O)NCc1cc(F)ccc1Br. The molecule has 0 saturated carbocycles. The Labute approximate surface area is 111 Å². The quantitative estimate of drug-likeness (QED) is 0.808. The molecular formula is C11H10BrFN4O. The highest BCUT2D eigenvalue weighted by Crippen LogP contribution is 2.17. The number of hydrogen-bond donors (Lipinski definition) is 3. The van der Waals surface area contributed by atoms with Crippen LogP contribution in [0.3, 0.4) is 0 Å². The summed E-state index contributed by atoms with van der Waals surface area (Å²) in [4.78, 5) is 11.7. The van der Waals surface area contributed by atoms with Crippen LogP contribution in [-0.4, -0.2) is 16.1 Å². The number of aromatic nitrogens is 2. The van der Waals surface area contributed by atoms with Crippen LogP contribution in [0, 0.1) is 5.82 Å². The molecule has 0 atom stereocenters. The first-order valence-corrected chi connectivity index (χ1v) is 5.88. The first-order chi connectivity index (χ1) is 8.58. The van der Waals surface area contributed by atoms with Crippen LogP contribution in [0.1, 0.15) is 16.1 Å². The fourth-order valence-electron chi connectivity index (χ4n) is 1.42. The molecule has 0 aliphatic carbocycles. The van der Waals surface area contributed by atoms with Crippen LogP contribution >= 0.6 is 15.9 Å². The molecule has 0 unspecified atom stereocenters. The molecule has 0 aliphatic heterocycles. The van der Waals surface area contributed by atoms with Crippen LogP contribution in [0.4, 0.5) is 10.1 Å². The number of H-pyrrole nitrogens is 1. The molecule has 0 bridgehead atoms. The Morgan fingerprint density at radius 1 is 1.56 bits per heavy atom. The first kappa shape index (κ1) is 12.6. The maximum Gasteiger partial charge on any atom is 0.271 e. The highest BCUT2D eigenvalue weighted by molar-refractivity contribution is 9.10. The number of halogens is 2. The molecule has 0 fully saturated rings. The number of benzene rings is 1. The molecule has 0 radical (unpaired) electrons. The van der Waals surface area contributed by atoms with Crippen molar-refractivity contribution in [1.29, 1.82) is 0 Å². The van der Waals surface area contributed by atoms with E-state index in [0.717, 1.165) is 4.47 Å². The molecule has 1 aromatic carbocycles. The van der Waals surface area contributed by atoms with Crippen LogP contribution < -0.4 is 11.1 Å². The predicted octanol–water partition coefficient (Wildman–Crippen LogP) is 1.82. The molecule has 2 aromatic rings. The van der Waals surface area contributed by atoms with Crippen molar-refractivity contribution < 1.29 is 9.18 Å². The summed E-state index contributed by atoms with van der Waals surface area (Å²) in [6.45, 7) is 0.190. The van der Waals surface area contributed by atoms with E-state index in [1.54, 1.807) is 6.07 Å². The van der Waals surface area contributed by atoms with Crippen LogP contribution in [0.2, 0.25) is 0 Å². The second-order valence-corrected chi connectivity index (χ2v) is 4.47. The van der Waals surface area contributed by atoms with E-state index in [1.807, 2.05) is 0 Å². The Kier molecular flexibility index (Phi) is 3.61. The van der Waals surface area contributed by atoms with Gasteiger partial charge in [0.05, 0.1) is 11.9 Å². The number of carbonyl (C=O) groups is 1. The van der Waals surface area contributed by atoms with Gasteiger partial charge in [0, 0.05) is 11.0 Å². The van der Waals surface area contributed by atoms with E-state index in [9.17, 15) is 9.18 Å². The summed E-state index contributed by atoms with van der Waals surface area (Å²) in [6.07, 6.45) is 1.35. The number of nitrogens with one attached hydrogen (secondary N) is 2. The Morgan fingerprint density at radius 3 is 3.00 bits per heavy atom. The summed E-state index contributed by atoms with van der Waals surface area (Å²) in [7, 11) is 0. The van der Waals surface area contributed by atoms with Crippen molar-refractivity contribution in [2.24, 2.45) is 0 Å². The monoisotopic (exact) mass is 312 g/mol. The molecular weight excluding hydrogens is 303 g/mol. The van der Waals surface area contributed by atoms with Gasteiger partial charge in [-0.15, -0.1) is 0 Å². The maximum absolute atomic E-state index is 13.0. The van der Waals surface area contributed by atoms with Crippen molar-refractivity contribution in [2.45, 2.75) is 6.54 Å². The van der Waals surface area contributed by atoms with Crippen molar-refractivity contribution in [3.8, 4) is 0 Å². The van der Waals surface area contributed by atoms with Crippen LogP contribution in [0.5, 0.6) is 0 Å². The van der Waals surface area contributed by atoms with Gasteiger partial charge in [-0.1, -0.05) is 15.9 Å². The number of nitrogen functional groups attached to an aromatic ring is 1. The molecule has 5 nitrogen and oxygen atoms in total. The van der Waals surface area contributed by atoms with Gasteiger partial charge in [-0.3, -0.25) is 9.89 Å². The molecule has 0 saturated heterocycles. The highest BCUT2D eigenvalue weighted by Gasteiger charge is 2.11. The molecule has 4 N–H and O–H groups in total. The van der Waals surface area contributed by atoms with Gasteiger partial charge in [0.1, 0.15) is 11.5 Å². The number of hydrogen-bond acceptors (Lipinski definition) is 3. The minimum absolute atomic E-state index is 0.190. The molecule has 1 heterocycles. The van der Waals surface area contributed by atoms with E-state index in [0.29, 0.717) is 5.56 Å². The topological polar surface area (TPSA) is 83.8 Å². The predicted molar refractivity (Wildman–Crippen MR) is 68.3 cm³/mol. The molecule has 94 valence electrons. The summed E-state index contributed by atoms with van der Waals surface area (Å²) >= 11 is 3.28. The molecule has 0 spiro atoms. The summed E-state index contributed by atoms with van der Waals surface area (Å²) < 4.78 is 13.8.